The number of hydrogen-bond donors (Lipinski definition) is 2. The highest BCUT2D eigenvalue weighted by Gasteiger charge is 2.16. The molecule has 1 aromatic rings. The standard InChI is InChI=1S/C10H10N2O3/c11-12-9(13)7-2-1-3-8(6-7)10-14-4-5-15-10/h1-6,10H,11H2,(H,12,13). The summed E-state index contributed by atoms with van der Waals surface area (Å²) in [4.78, 5) is 11.2. The van der Waals surface area contributed by atoms with Crippen LogP contribution in [0, 0.1) is 0 Å². The van der Waals surface area contributed by atoms with Gasteiger partial charge in [0.05, 0.1) is 0 Å². The Morgan fingerprint density at radius 2 is 2.07 bits per heavy atom. The zero-order valence-electron chi connectivity index (χ0n) is 7.84. The van der Waals surface area contributed by atoms with Gasteiger partial charge in [-0.3, -0.25) is 10.2 Å². The molecule has 0 bridgehead atoms. The summed E-state index contributed by atoms with van der Waals surface area (Å²) in [5.41, 5.74) is 3.29. The molecular formula is C10H10N2O3. The van der Waals surface area contributed by atoms with Crippen LogP contribution < -0.4 is 11.3 Å². The maximum atomic E-state index is 11.2. The molecule has 0 saturated heterocycles. The van der Waals surface area contributed by atoms with E-state index in [1.807, 2.05) is 6.07 Å². The molecule has 1 aliphatic rings. The molecule has 1 amide bonds. The van der Waals surface area contributed by atoms with Gasteiger partial charge < -0.3 is 9.47 Å². The number of hydrazine groups is 1. The molecule has 2 rings (SSSR count). The van der Waals surface area contributed by atoms with Crippen LogP contribution in [0.2, 0.25) is 0 Å². The average molecular weight is 206 g/mol. The monoisotopic (exact) mass is 206 g/mol. The summed E-state index contributed by atoms with van der Waals surface area (Å²) in [6, 6.07) is 6.88. The number of ether oxygens (including phenoxy) is 2. The zero-order valence-corrected chi connectivity index (χ0v) is 7.84. The number of nitrogen functional groups attached to an aromatic ring is 1. The molecule has 1 aromatic carbocycles. The molecule has 0 unspecified atom stereocenters. The molecule has 1 heterocycles. The molecule has 15 heavy (non-hydrogen) atoms. The van der Waals surface area contributed by atoms with Crippen LogP contribution in [0.15, 0.2) is 36.8 Å². The van der Waals surface area contributed by atoms with Crippen LogP contribution in [0.1, 0.15) is 22.2 Å². The Kier molecular flexibility index (Phi) is 2.55. The van der Waals surface area contributed by atoms with Gasteiger partial charge in [-0.2, -0.15) is 0 Å². The van der Waals surface area contributed by atoms with Crippen LogP contribution in [0.5, 0.6) is 0 Å². The third kappa shape index (κ3) is 1.92. The lowest BCUT2D eigenvalue weighted by molar-refractivity contribution is -0.0246. The van der Waals surface area contributed by atoms with Gasteiger partial charge >= 0.3 is 0 Å². The Morgan fingerprint density at radius 1 is 1.33 bits per heavy atom. The minimum absolute atomic E-state index is 0.345. The first kappa shape index (κ1) is 9.54. The van der Waals surface area contributed by atoms with Crippen LogP contribution in [-0.4, -0.2) is 5.91 Å². The van der Waals surface area contributed by atoms with Gasteiger partial charge in [-0.05, 0) is 12.1 Å². The Bertz CT molecular complexity index is 395. The van der Waals surface area contributed by atoms with Gasteiger partial charge in [-0.1, -0.05) is 12.1 Å². The molecule has 1 aliphatic heterocycles. The maximum Gasteiger partial charge on any atom is 0.266 e. The first-order chi connectivity index (χ1) is 7.31. The van der Waals surface area contributed by atoms with E-state index in [-0.39, 0.29) is 5.91 Å². The highest BCUT2D eigenvalue weighted by Crippen LogP contribution is 2.24. The van der Waals surface area contributed by atoms with Crippen LogP contribution in [-0.2, 0) is 9.47 Å². The van der Waals surface area contributed by atoms with Gasteiger partial charge in [-0.25, -0.2) is 5.84 Å². The van der Waals surface area contributed by atoms with E-state index >= 15 is 0 Å². The molecule has 5 nitrogen and oxygen atoms in total. The van der Waals surface area contributed by atoms with Crippen LogP contribution in [0.25, 0.3) is 0 Å². The minimum atomic E-state index is -0.476. The second kappa shape index (κ2) is 4.02. The first-order valence-electron chi connectivity index (χ1n) is 4.38. The molecule has 5 heteroatoms. The van der Waals surface area contributed by atoms with Crippen molar-refractivity contribution in [1.82, 2.24) is 5.43 Å². The fourth-order valence-corrected chi connectivity index (χ4v) is 1.31. The number of hydrogen-bond acceptors (Lipinski definition) is 4. The van der Waals surface area contributed by atoms with Crippen molar-refractivity contribution < 1.29 is 14.3 Å². The summed E-state index contributed by atoms with van der Waals surface area (Å²) in [6.07, 6.45) is 2.44. The first-order valence-corrected chi connectivity index (χ1v) is 4.38. The van der Waals surface area contributed by atoms with E-state index in [1.54, 1.807) is 18.2 Å². The normalized spacial score (nSPS) is 14.5. The van der Waals surface area contributed by atoms with Crippen molar-refractivity contribution in [2.45, 2.75) is 6.29 Å². The third-order valence-corrected chi connectivity index (χ3v) is 2.01. The van der Waals surface area contributed by atoms with Gasteiger partial charge in [0.2, 0.25) is 0 Å². The Labute approximate surface area is 86.4 Å². The fourth-order valence-electron chi connectivity index (χ4n) is 1.31. The van der Waals surface area contributed by atoms with E-state index in [2.05, 4.69) is 5.43 Å². The minimum Gasteiger partial charge on any atom is -0.455 e. The zero-order chi connectivity index (χ0) is 10.7. The van der Waals surface area contributed by atoms with Crippen molar-refractivity contribution in [3.05, 3.63) is 47.9 Å². The number of rotatable bonds is 2. The molecule has 0 fully saturated rings. The van der Waals surface area contributed by atoms with Crippen molar-refractivity contribution in [3.63, 3.8) is 0 Å². The van der Waals surface area contributed by atoms with Crippen LogP contribution >= 0.6 is 0 Å². The van der Waals surface area contributed by atoms with E-state index < -0.39 is 6.29 Å². The molecule has 78 valence electrons. The predicted octanol–water partition coefficient (Wildman–Crippen LogP) is 0.807. The lowest BCUT2D eigenvalue weighted by atomic mass is 10.1. The van der Waals surface area contributed by atoms with E-state index in [1.165, 1.54) is 12.5 Å². The van der Waals surface area contributed by atoms with Crippen molar-refractivity contribution in [1.29, 1.82) is 0 Å². The van der Waals surface area contributed by atoms with E-state index in [0.717, 1.165) is 5.56 Å². The number of benzene rings is 1. The summed E-state index contributed by atoms with van der Waals surface area (Å²) >= 11 is 0. The second-order valence-corrected chi connectivity index (χ2v) is 2.98. The van der Waals surface area contributed by atoms with Crippen molar-refractivity contribution in [3.8, 4) is 0 Å². The third-order valence-electron chi connectivity index (χ3n) is 2.01. The Hall–Kier alpha value is -2.01. The van der Waals surface area contributed by atoms with E-state index in [0.29, 0.717) is 5.56 Å². The topological polar surface area (TPSA) is 73.6 Å². The molecule has 0 aromatic heterocycles. The Balaban J connectivity index is 2.22. The largest absolute Gasteiger partial charge is 0.455 e. The predicted molar refractivity (Wildman–Crippen MR) is 52.1 cm³/mol. The number of carbonyl (C=O) groups excluding carboxylic acids is 1. The lowest BCUT2D eigenvalue weighted by Crippen LogP contribution is -2.30. The van der Waals surface area contributed by atoms with Gasteiger partial charge in [-0.15, -0.1) is 0 Å². The summed E-state index contributed by atoms with van der Waals surface area (Å²) in [5.74, 6) is 4.69. The summed E-state index contributed by atoms with van der Waals surface area (Å²) in [7, 11) is 0. The molecule has 0 spiro atoms. The number of amides is 1. The average Bonchev–Trinajstić information content (AvgIpc) is 2.82. The quantitative estimate of drug-likeness (QED) is 0.426. The van der Waals surface area contributed by atoms with Gasteiger partial charge in [0.25, 0.3) is 12.2 Å². The maximum absolute atomic E-state index is 11.2. The van der Waals surface area contributed by atoms with Crippen LogP contribution in [0.3, 0.4) is 0 Å². The SMILES string of the molecule is NNC(=O)c1cccc(C2OC=CO2)c1. The van der Waals surface area contributed by atoms with E-state index in [4.69, 9.17) is 15.3 Å². The second-order valence-electron chi connectivity index (χ2n) is 2.98. The fraction of sp³-hybridized carbons (Fsp3) is 0.100. The van der Waals surface area contributed by atoms with Gasteiger partial charge in [0.1, 0.15) is 12.5 Å². The van der Waals surface area contributed by atoms with Crippen LogP contribution in [0.4, 0.5) is 0 Å². The smallest absolute Gasteiger partial charge is 0.266 e. The van der Waals surface area contributed by atoms with Crippen molar-refractivity contribution in [2.75, 3.05) is 0 Å². The molecule has 0 atom stereocenters. The van der Waals surface area contributed by atoms with Crippen molar-refractivity contribution in [2.24, 2.45) is 5.84 Å². The molecule has 0 radical (unpaired) electrons. The Morgan fingerprint density at radius 3 is 2.73 bits per heavy atom. The highest BCUT2D eigenvalue weighted by atomic mass is 16.7. The molecular weight excluding hydrogens is 196 g/mol. The number of carbonyl (C=O) groups is 1. The summed E-state index contributed by atoms with van der Waals surface area (Å²) in [6.45, 7) is 0. The van der Waals surface area contributed by atoms with Gasteiger partial charge in [0, 0.05) is 11.1 Å². The van der Waals surface area contributed by atoms with Crippen molar-refractivity contribution >= 4 is 5.91 Å². The lowest BCUT2D eigenvalue weighted by Gasteiger charge is -2.11. The molecule has 3 N–H and O–H groups in total. The number of nitrogens with one attached hydrogen (secondary N) is 1. The summed E-state index contributed by atoms with van der Waals surface area (Å²) < 4.78 is 10.3. The van der Waals surface area contributed by atoms with Gasteiger partial charge in [0.15, 0.2) is 0 Å². The summed E-state index contributed by atoms with van der Waals surface area (Å²) in [5, 5.41) is 0. The molecule has 0 saturated carbocycles. The molecule has 0 aliphatic carbocycles. The highest BCUT2D eigenvalue weighted by molar-refractivity contribution is 5.93. The van der Waals surface area contributed by atoms with E-state index in [9.17, 15) is 4.79 Å². The number of nitrogens with two attached hydrogens (primary N) is 1.